The minimum atomic E-state index is -4.44. The van der Waals surface area contributed by atoms with E-state index >= 15 is 0 Å². The molecule has 2 rings (SSSR count). The van der Waals surface area contributed by atoms with Gasteiger partial charge in [-0.3, -0.25) is 4.99 Å². The molecule has 0 amide bonds. The molecular weight excluding hydrogens is 409 g/mol. The van der Waals surface area contributed by atoms with Gasteiger partial charge in [0, 0.05) is 36.7 Å². The van der Waals surface area contributed by atoms with Crippen LogP contribution in [-0.2, 0) is 19.1 Å². The van der Waals surface area contributed by atoms with Crippen LogP contribution in [0, 0.1) is 0 Å². The van der Waals surface area contributed by atoms with E-state index in [0.717, 1.165) is 22.3 Å². The maximum atomic E-state index is 12.6. The predicted molar refractivity (Wildman–Crippen MR) is 105 cm³/mol. The lowest BCUT2D eigenvalue weighted by atomic mass is 10.1. The minimum absolute atomic E-state index is 0.135. The third-order valence-corrected chi connectivity index (χ3v) is 4.81. The summed E-state index contributed by atoms with van der Waals surface area (Å²) in [6.45, 7) is 0.625. The van der Waals surface area contributed by atoms with Gasteiger partial charge in [0.15, 0.2) is 11.7 Å². The number of aliphatic imine (C=N–C) groups is 1. The van der Waals surface area contributed by atoms with Gasteiger partial charge in [0.1, 0.15) is 22.3 Å². The third kappa shape index (κ3) is 6.14. The molecule has 0 saturated heterocycles. The van der Waals surface area contributed by atoms with Gasteiger partial charge in [0.05, 0.1) is 27.9 Å². The molecule has 7 nitrogen and oxygen atoms in total. The molecular formula is C18H23F3N4O3S. The minimum Gasteiger partial charge on any atom is -0.496 e. The van der Waals surface area contributed by atoms with E-state index in [1.807, 2.05) is 0 Å². The van der Waals surface area contributed by atoms with Crippen molar-refractivity contribution < 1.29 is 27.4 Å². The Balaban J connectivity index is 1.94. The number of halogens is 3. The molecule has 0 aliphatic heterocycles. The molecule has 1 aromatic carbocycles. The Labute approximate surface area is 170 Å². The van der Waals surface area contributed by atoms with Crippen molar-refractivity contribution in [1.82, 2.24) is 15.6 Å². The van der Waals surface area contributed by atoms with Gasteiger partial charge in [-0.15, -0.1) is 11.3 Å². The zero-order valence-corrected chi connectivity index (χ0v) is 17.3. The van der Waals surface area contributed by atoms with Crippen molar-refractivity contribution >= 4 is 17.3 Å². The Morgan fingerprint density at radius 3 is 2.24 bits per heavy atom. The highest BCUT2D eigenvalue weighted by atomic mass is 32.1. The van der Waals surface area contributed by atoms with Gasteiger partial charge in [-0.1, -0.05) is 0 Å². The number of ether oxygens (including phenoxy) is 3. The lowest BCUT2D eigenvalue weighted by Gasteiger charge is -2.16. The first-order chi connectivity index (χ1) is 13.8. The standard InChI is InChI=1S/C18H23F3N4O3S/c1-22-17(24-9-16-25-15(10-29-16)18(19,20)21)23-6-5-12-13(27-3)7-11(26-2)8-14(12)28-4/h7-8,10H,5-6,9H2,1-4H3,(H2,22,23,24). The number of nitrogens with zero attached hydrogens (tertiary/aromatic N) is 2. The van der Waals surface area contributed by atoms with Crippen LogP contribution < -0.4 is 24.8 Å². The van der Waals surface area contributed by atoms with E-state index in [9.17, 15) is 13.2 Å². The molecule has 2 aromatic rings. The zero-order chi connectivity index (χ0) is 21.4. The van der Waals surface area contributed by atoms with Crippen LogP contribution in [0.3, 0.4) is 0 Å². The van der Waals surface area contributed by atoms with Crippen LogP contribution in [0.1, 0.15) is 16.3 Å². The molecule has 0 fully saturated rings. The van der Waals surface area contributed by atoms with E-state index < -0.39 is 11.9 Å². The second-order valence-corrected chi connectivity index (χ2v) is 6.68. The molecule has 0 saturated carbocycles. The van der Waals surface area contributed by atoms with Crippen LogP contribution in [0.5, 0.6) is 17.2 Å². The molecule has 11 heteroatoms. The summed E-state index contributed by atoms with van der Waals surface area (Å²) in [5.74, 6) is 2.33. The average Bonchev–Trinajstić information content (AvgIpc) is 3.19. The van der Waals surface area contributed by atoms with Gasteiger partial charge < -0.3 is 24.8 Å². The molecule has 1 aromatic heterocycles. The molecule has 2 N–H and O–H groups in total. The van der Waals surface area contributed by atoms with Gasteiger partial charge in [0.25, 0.3) is 0 Å². The summed E-state index contributed by atoms with van der Waals surface area (Å²) in [6, 6.07) is 3.54. The van der Waals surface area contributed by atoms with Gasteiger partial charge in [0.2, 0.25) is 0 Å². The smallest absolute Gasteiger partial charge is 0.434 e. The number of rotatable bonds is 8. The predicted octanol–water partition coefficient (Wildman–Crippen LogP) is 3.10. The number of alkyl halides is 3. The van der Waals surface area contributed by atoms with Crippen LogP contribution >= 0.6 is 11.3 Å². The van der Waals surface area contributed by atoms with E-state index in [1.54, 1.807) is 40.5 Å². The molecule has 0 spiro atoms. The van der Waals surface area contributed by atoms with Gasteiger partial charge in [-0.25, -0.2) is 4.98 Å². The molecule has 1 heterocycles. The lowest BCUT2D eigenvalue weighted by Crippen LogP contribution is -2.37. The summed E-state index contributed by atoms with van der Waals surface area (Å²) in [6.07, 6.45) is -3.88. The van der Waals surface area contributed by atoms with E-state index in [4.69, 9.17) is 14.2 Å². The van der Waals surface area contributed by atoms with Gasteiger partial charge in [-0.2, -0.15) is 13.2 Å². The average molecular weight is 432 g/mol. The Bertz CT molecular complexity index is 815. The Morgan fingerprint density at radius 2 is 1.76 bits per heavy atom. The van der Waals surface area contributed by atoms with E-state index in [2.05, 4.69) is 20.6 Å². The normalized spacial score (nSPS) is 11.9. The molecule has 0 aliphatic rings. The quantitative estimate of drug-likeness (QED) is 0.493. The number of aromatic nitrogens is 1. The highest BCUT2D eigenvalue weighted by molar-refractivity contribution is 7.09. The first-order valence-corrected chi connectivity index (χ1v) is 9.45. The van der Waals surface area contributed by atoms with Gasteiger partial charge in [-0.05, 0) is 6.42 Å². The number of nitrogens with one attached hydrogen (secondary N) is 2. The molecule has 29 heavy (non-hydrogen) atoms. The summed E-state index contributed by atoms with van der Waals surface area (Å²) in [7, 11) is 6.27. The fourth-order valence-electron chi connectivity index (χ4n) is 2.53. The maximum absolute atomic E-state index is 12.6. The van der Waals surface area contributed by atoms with E-state index in [-0.39, 0.29) is 6.54 Å². The summed E-state index contributed by atoms with van der Waals surface area (Å²) >= 11 is 0.942. The topological polar surface area (TPSA) is 77.0 Å². The largest absolute Gasteiger partial charge is 0.496 e. The monoisotopic (exact) mass is 432 g/mol. The fraction of sp³-hybridized carbons (Fsp3) is 0.444. The molecule has 0 unspecified atom stereocenters. The first-order valence-electron chi connectivity index (χ1n) is 8.57. The second kappa shape index (κ2) is 10.2. The van der Waals surface area contributed by atoms with Gasteiger partial charge >= 0.3 is 6.18 Å². The van der Waals surface area contributed by atoms with Crippen molar-refractivity contribution in [2.24, 2.45) is 4.99 Å². The molecule has 0 radical (unpaired) electrons. The van der Waals surface area contributed by atoms with Crippen LogP contribution in [0.4, 0.5) is 13.2 Å². The number of benzene rings is 1. The van der Waals surface area contributed by atoms with Crippen molar-refractivity contribution in [1.29, 1.82) is 0 Å². The summed E-state index contributed by atoms with van der Waals surface area (Å²) in [5, 5.41) is 7.37. The molecule has 0 bridgehead atoms. The van der Waals surface area contributed by atoms with Crippen LogP contribution in [0.15, 0.2) is 22.5 Å². The van der Waals surface area contributed by atoms with Crippen molar-refractivity contribution in [3.8, 4) is 17.2 Å². The molecule has 0 atom stereocenters. The number of hydrogen-bond acceptors (Lipinski definition) is 6. The second-order valence-electron chi connectivity index (χ2n) is 5.74. The molecule has 160 valence electrons. The number of thiazole rings is 1. The van der Waals surface area contributed by atoms with Crippen molar-refractivity contribution in [3.05, 3.63) is 33.8 Å². The Morgan fingerprint density at radius 1 is 1.10 bits per heavy atom. The number of guanidine groups is 1. The highest BCUT2D eigenvalue weighted by Crippen LogP contribution is 2.34. The SMILES string of the molecule is CN=C(NCCc1c(OC)cc(OC)cc1OC)NCc1nc(C(F)(F)F)cs1. The van der Waals surface area contributed by atoms with Crippen molar-refractivity contribution in [2.75, 3.05) is 34.9 Å². The first kappa shape index (κ1) is 22.6. The van der Waals surface area contributed by atoms with Crippen molar-refractivity contribution in [2.45, 2.75) is 19.1 Å². The summed E-state index contributed by atoms with van der Waals surface area (Å²) in [5.41, 5.74) is -0.0329. The van der Waals surface area contributed by atoms with E-state index in [1.165, 1.54) is 0 Å². The lowest BCUT2D eigenvalue weighted by molar-refractivity contribution is -0.140. The number of methoxy groups -OCH3 is 3. The Hall–Kier alpha value is -2.69. The third-order valence-electron chi connectivity index (χ3n) is 3.96. The van der Waals surface area contributed by atoms with Crippen molar-refractivity contribution in [3.63, 3.8) is 0 Å². The fourth-order valence-corrected chi connectivity index (χ4v) is 3.27. The summed E-state index contributed by atoms with van der Waals surface area (Å²) in [4.78, 5) is 7.65. The molecule has 0 aliphatic carbocycles. The van der Waals surface area contributed by atoms with Crippen LogP contribution in [0.2, 0.25) is 0 Å². The highest BCUT2D eigenvalue weighted by Gasteiger charge is 2.33. The maximum Gasteiger partial charge on any atom is 0.434 e. The van der Waals surface area contributed by atoms with Crippen LogP contribution in [0.25, 0.3) is 0 Å². The summed E-state index contributed by atoms with van der Waals surface area (Å²) < 4.78 is 53.9. The Kier molecular flexibility index (Phi) is 7.94. The van der Waals surface area contributed by atoms with Crippen LogP contribution in [-0.4, -0.2) is 45.9 Å². The number of hydrogen-bond donors (Lipinski definition) is 2. The zero-order valence-electron chi connectivity index (χ0n) is 16.5. The van der Waals surface area contributed by atoms with E-state index in [0.29, 0.717) is 41.2 Å².